The standard InChI is InChI=1S/C10H15ClN4/c1-10(13,8-12)4-2-3-5-15-7-9(11)6-14-15/h6-7H,2-5,13H2,1H3. The van der Waals surface area contributed by atoms with Gasteiger partial charge in [0.15, 0.2) is 0 Å². The molecule has 0 bridgehead atoms. The molecule has 0 saturated heterocycles. The number of rotatable bonds is 5. The van der Waals surface area contributed by atoms with E-state index in [-0.39, 0.29) is 0 Å². The third kappa shape index (κ3) is 4.32. The lowest BCUT2D eigenvalue weighted by Crippen LogP contribution is -2.33. The molecule has 1 aromatic heterocycles. The van der Waals surface area contributed by atoms with Crippen molar-refractivity contribution in [3.05, 3.63) is 17.4 Å². The summed E-state index contributed by atoms with van der Waals surface area (Å²) < 4.78 is 1.79. The molecule has 2 N–H and O–H groups in total. The van der Waals surface area contributed by atoms with E-state index in [1.807, 2.05) is 0 Å². The minimum Gasteiger partial charge on any atom is -0.314 e. The van der Waals surface area contributed by atoms with Gasteiger partial charge in [-0.15, -0.1) is 0 Å². The van der Waals surface area contributed by atoms with Crippen LogP contribution in [0.15, 0.2) is 12.4 Å². The van der Waals surface area contributed by atoms with Crippen LogP contribution in [0.25, 0.3) is 0 Å². The molecule has 82 valence electrons. The predicted octanol–water partition coefficient (Wildman–Crippen LogP) is 1.95. The Kier molecular flexibility index (Phi) is 4.13. The number of aromatic nitrogens is 2. The van der Waals surface area contributed by atoms with Gasteiger partial charge in [0.25, 0.3) is 0 Å². The lowest BCUT2D eigenvalue weighted by molar-refractivity contribution is 0.475. The van der Waals surface area contributed by atoms with Crippen LogP contribution in [-0.2, 0) is 6.54 Å². The first-order valence-electron chi connectivity index (χ1n) is 4.91. The van der Waals surface area contributed by atoms with E-state index in [2.05, 4.69) is 11.2 Å². The summed E-state index contributed by atoms with van der Waals surface area (Å²) in [4.78, 5) is 0. The number of halogens is 1. The maximum absolute atomic E-state index is 8.70. The zero-order chi connectivity index (χ0) is 11.3. The topological polar surface area (TPSA) is 67.6 Å². The predicted molar refractivity (Wildman–Crippen MR) is 59.3 cm³/mol. The van der Waals surface area contributed by atoms with Gasteiger partial charge in [-0.25, -0.2) is 0 Å². The highest BCUT2D eigenvalue weighted by atomic mass is 35.5. The number of unbranched alkanes of at least 4 members (excludes halogenated alkanes) is 1. The van der Waals surface area contributed by atoms with E-state index in [1.165, 1.54) is 0 Å². The Balaban J connectivity index is 2.21. The van der Waals surface area contributed by atoms with Gasteiger partial charge < -0.3 is 5.73 Å². The Morgan fingerprint density at radius 3 is 2.93 bits per heavy atom. The van der Waals surface area contributed by atoms with Gasteiger partial charge in [-0.1, -0.05) is 11.6 Å². The van der Waals surface area contributed by atoms with E-state index < -0.39 is 5.54 Å². The van der Waals surface area contributed by atoms with Gasteiger partial charge in [0, 0.05) is 12.7 Å². The first kappa shape index (κ1) is 12.0. The number of nitriles is 1. The van der Waals surface area contributed by atoms with E-state index >= 15 is 0 Å². The quantitative estimate of drug-likeness (QED) is 0.781. The van der Waals surface area contributed by atoms with Gasteiger partial charge in [0.1, 0.15) is 5.54 Å². The van der Waals surface area contributed by atoms with E-state index in [1.54, 1.807) is 24.0 Å². The Morgan fingerprint density at radius 1 is 1.67 bits per heavy atom. The number of nitrogens with two attached hydrogens (primary N) is 1. The van der Waals surface area contributed by atoms with E-state index in [0.717, 1.165) is 19.4 Å². The van der Waals surface area contributed by atoms with Crippen molar-refractivity contribution >= 4 is 11.6 Å². The summed E-state index contributed by atoms with van der Waals surface area (Å²) in [5.41, 5.74) is 4.99. The van der Waals surface area contributed by atoms with Crippen molar-refractivity contribution in [3.8, 4) is 6.07 Å². The summed E-state index contributed by atoms with van der Waals surface area (Å²) in [7, 11) is 0. The van der Waals surface area contributed by atoms with Crippen LogP contribution in [-0.4, -0.2) is 15.3 Å². The lowest BCUT2D eigenvalue weighted by Gasteiger charge is -2.14. The number of aryl methyl sites for hydroxylation is 1. The van der Waals surface area contributed by atoms with Crippen molar-refractivity contribution < 1.29 is 0 Å². The molecule has 1 atom stereocenters. The van der Waals surface area contributed by atoms with Gasteiger partial charge in [0.05, 0.1) is 17.3 Å². The van der Waals surface area contributed by atoms with Crippen molar-refractivity contribution in [2.75, 3.05) is 0 Å². The second kappa shape index (κ2) is 5.15. The summed E-state index contributed by atoms with van der Waals surface area (Å²) in [5.74, 6) is 0. The fourth-order valence-electron chi connectivity index (χ4n) is 1.28. The fraction of sp³-hybridized carbons (Fsp3) is 0.600. The van der Waals surface area contributed by atoms with Gasteiger partial charge in [-0.05, 0) is 26.2 Å². The largest absolute Gasteiger partial charge is 0.314 e. The van der Waals surface area contributed by atoms with Crippen LogP contribution in [0.3, 0.4) is 0 Å². The molecule has 1 aromatic rings. The van der Waals surface area contributed by atoms with Crippen LogP contribution in [0.5, 0.6) is 0 Å². The van der Waals surface area contributed by atoms with Crippen LogP contribution >= 0.6 is 11.6 Å². The van der Waals surface area contributed by atoms with Crippen LogP contribution < -0.4 is 5.73 Å². The third-order valence-corrected chi connectivity index (χ3v) is 2.39. The maximum atomic E-state index is 8.70. The monoisotopic (exact) mass is 226 g/mol. The molecule has 15 heavy (non-hydrogen) atoms. The average molecular weight is 227 g/mol. The molecule has 0 aliphatic heterocycles. The number of nitrogens with zero attached hydrogens (tertiary/aromatic N) is 3. The molecule has 1 rings (SSSR count). The Hall–Kier alpha value is -1.05. The van der Waals surface area contributed by atoms with Crippen molar-refractivity contribution in [3.63, 3.8) is 0 Å². The molecule has 4 nitrogen and oxygen atoms in total. The van der Waals surface area contributed by atoms with Crippen LogP contribution in [0, 0.1) is 11.3 Å². The fourth-order valence-corrected chi connectivity index (χ4v) is 1.44. The summed E-state index contributed by atoms with van der Waals surface area (Å²) >= 11 is 5.72. The third-order valence-electron chi connectivity index (χ3n) is 2.19. The highest BCUT2D eigenvalue weighted by Gasteiger charge is 2.15. The summed E-state index contributed by atoms with van der Waals surface area (Å²) in [5, 5.41) is 13.4. The number of hydrogen-bond donors (Lipinski definition) is 1. The minimum absolute atomic E-state index is 0.649. The molecule has 1 unspecified atom stereocenters. The lowest BCUT2D eigenvalue weighted by atomic mass is 9.98. The van der Waals surface area contributed by atoms with E-state index in [9.17, 15) is 0 Å². The first-order valence-corrected chi connectivity index (χ1v) is 5.29. The van der Waals surface area contributed by atoms with Crippen molar-refractivity contribution in [2.24, 2.45) is 5.73 Å². The molecule has 5 heteroatoms. The zero-order valence-corrected chi connectivity index (χ0v) is 9.54. The van der Waals surface area contributed by atoms with Gasteiger partial charge in [0.2, 0.25) is 0 Å². The molecule has 0 saturated carbocycles. The molecule has 0 aromatic carbocycles. The molecular formula is C10H15ClN4. The maximum Gasteiger partial charge on any atom is 0.101 e. The Bertz CT molecular complexity index is 351. The van der Waals surface area contributed by atoms with Crippen LogP contribution in [0.4, 0.5) is 0 Å². The zero-order valence-electron chi connectivity index (χ0n) is 8.78. The molecule has 0 spiro atoms. The second-order valence-electron chi connectivity index (χ2n) is 3.91. The summed E-state index contributed by atoms with van der Waals surface area (Å²) in [6, 6.07) is 2.08. The molecule has 0 fully saturated rings. The van der Waals surface area contributed by atoms with E-state index in [0.29, 0.717) is 11.4 Å². The average Bonchev–Trinajstić information content (AvgIpc) is 2.59. The number of hydrogen-bond acceptors (Lipinski definition) is 3. The first-order chi connectivity index (χ1) is 7.03. The molecule has 1 heterocycles. The van der Waals surface area contributed by atoms with Crippen molar-refractivity contribution in [1.29, 1.82) is 5.26 Å². The minimum atomic E-state index is -0.707. The molecule has 0 amide bonds. The summed E-state index contributed by atoms with van der Waals surface area (Å²) in [6.45, 7) is 2.56. The van der Waals surface area contributed by atoms with Crippen molar-refractivity contribution in [2.45, 2.75) is 38.3 Å². The highest BCUT2D eigenvalue weighted by molar-refractivity contribution is 6.30. The smallest absolute Gasteiger partial charge is 0.101 e. The highest BCUT2D eigenvalue weighted by Crippen LogP contribution is 2.11. The van der Waals surface area contributed by atoms with E-state index in [4.69, 9.17) is 22.6 Å². The van der Waals surface area contributed by atoms with Gasteiger partial charge in [-0.2, -0.15) is 10.4 Å². The molecule has 0 aliphatic rings. The summed E-state index contributed by atoms with van der Waals surface area (Å²) in [6.07, 6.45) is 5.97. The van der Waals surface area contributed by atoms with Gasteiger partial charge >= 0.3 is 0 Å². The van der Waals surface area contributed by atoms with Gasteiger partial charge in [-0.3, -0.25) is 4.68 Å². The van der Waals surface area contributed by atoms with Crippen LogP contribution in [0.1, 0.15) is 26.2 Å². The van der Waals surface area contributed by atoms with Crippen LogP contribution in [0.2, 0.25) is 5.02 Å². The SMILES string of the molecule is CC(N)(C#N)CCCCn1cc(Cl)cn1. The normalized spacial score (nSPS) is 14.5. The Morgan fingerprint density at radius 2 is 2.40 bits per heavy atom. The second-order valence-corrected chi connectivity index (χ2v) is 4.34. The molecule has 0 radical (unpaired) electrons. The van der Waals surface area contributed by atoms with Crippen molar-refractivity contribution in [1.82, 2.24) is 9.78 Å². The molecule has 0 aliphatic carbocycles. The molecular weight excluding hydrogens is 212 g/mol. The Labute approximate surface area is 94.6 Å².